The summed E-state index contributed by atoms with van der Waals surface area (Å²) in [7, 11) is 0. The van der Waals surface area contributed by atoms with Crippen LogP contribution in [0.4, 0.5) is 11.4 Å². The molecule has 0 radical (unpaired) electrons. The Morgan fingerprint density at radius 3 is 2.81 bits per heavy atom. The van der Waals surface area contributed by atoms with Gasteiger partial charge in [-0.1, -0.05) is 12.1 Å². The van der Waals surface area contributed by atoms with Gasteiger partial charge in [0.15, 0.2) is 0 Å². The molecule has 2 aromatic carbocycles. The molecule has 0 bridgehead atoms. The molecule has 2 heterocycles. The minimum Gasteiger partial charge on any atom is -0.493 e. The zero-order valence-corrected chi connectivity index (χ0v) is 15.1. The predicted octanol–water partition coefficient (Wildman–Crippen LogP) is 2.88. The van der Waals surface area contributed by atoms with Crippen LogP contribution in [0.1, 0.15) is 24.0 Å². The molecule has 136 valence electrons. The smallest absolute Gasteiger partial charge is 0.221 e. The van der Waals surface area contributed by atoms with E-state index < -0.39 is 0 Å². The van der Waals surface area contributed by atoms with Crippen molar-refractivity contribution in [2.75, 3.05) is 37.3 Å². The standard InChI is InChI=1S/C21H25N3O2/c1-14(25)23-18-5-2-15(3-6-18)8-9-24-11-16-13-26-21-7-4-17(22)10-19(21)20(16)12-24/h2-7,10,16,20H,8-9,11-13,22H2,1H3,(H,23,25)/t16-,20+/m0/s1. The number of anilines is 2. The van der Waals surface area contributed by atoms with E-state index >= 15 is 0 Å². The van der Waals surface area contributed by atoms with Crippen molar-refractivity contribution in [1.29, 1.82) is 0 Å². The summed E-state index contributed by atoms with van der Waals surface area (Å²) in [4.78, 5) is 13.6. The molecule has 1 fully saturated rings. The van der Waals surface area contributed by atoms with Gasteiger partial charge in [0.05, 0.1) is 6.61 Å². The molecule has 0 unspecified atom stereocenters. The van der Waals surface area contributed by atoms with Crippen molar-refractivity contribution in [3.63, 3.8) is 0 Å². The van der Waals surface area contributed by atoms with Crippen molar-refractivity contribution in [3.05, 3.63) is 53.6 Å². The van der Waals surface area contributed by atoms with E-state index in [2.05, 4.69) is 28.4 Å². The first-order chi connectivity index (χ1) is 12.6. The number of fused-ring (bicyclic) bond motifs is 3. The summed E-state index contributed by atoms with van der Waals surface area (Å²) in [6.07, 6.45) is 1.00. The monoisotopic (exact) mass is 351 g/mol. The predicted molar refractivity (Wildman–Crippen MR) is 103 cm³/mol. The fourth-order valence-corrected chi connectivity index (χ4v) is 4.09. The number of nitrogen functional groups attached to an aromatic ring is 1. The van der Waals surface area contributed by atoms with E-state index in [9.17, 15) is 4.79 Å². The van der Waals surface area contributed by atoms with E-state index in [0.29, 0.717) is 11.8 Å². The van der Waals surface area contributed by atoms with Crippen molar-refractivity contribution in [2.24, 2.45) is 5.92 Å². The molecule has 1 saturated heterocycles. The average molecular weight is 351 g/mol. The number of likely N-dealkylation sites (tertiary alicyclic amines) is 1. The van der Waals surface area contributed by atoms with Gasteiger partial charge in [-0.05, 0) is 42.3 Å². The van der Waals surface area contributed by atoms with E-state index in [1.165, 1.54) is 18.1 Å². The molecule has 2 aliphatic heterocycles. The van der Waals surface area contributed by atoms with Gasteiger partial charge in [0.25, 0.3) is 0 Å². The number of amides is 1. The maximum atomic E-state index is 11.1. The van der Waals surface area contributed by atoms with Crippen LogP contribution in [0.2, 0.25) is 0 Å². The minimum atomic E-state index is -0.0411. The van der Waals surface area contributed by atoms with Crippen molar-refractivity contribution in [1.82, 2.24) is 4.90 Å². The molecule has 4 rings (SSSR count). The first-order valence-electron chi connectivity index (χ1n) is 9.19. The van der Waals surface area contributed by atoms with Gasteiger partial charge >= 0.3 is 0 Å². The number of nitrogens with one attached hydrogen (secondary N) is 1. The Morgan fingerprint density at radius 1 is 1.23 bits per heavy atom. The third kappa shape index (κ3) is 3.53. The van der Waals surface area contributed by atoms with E-state index in [1.807, 2.05) is 24.3 Å². The van der Waals surface area contributed by atoms with Gasteiger partial charge in [0, 0.05) is 55.3 Å². The highest BCUT2D eigenvalue weighted by atomic mass is 16.5. The maximum Gasteiger partial charge on any atom is 0.221 e. The first kappa shape index (κ1) is 16.9. The van der Waals surface area contributed by atoms with Gasteiger partial charge < -0.3 is 20.7 Å². The molecule has 2 atom stereocenters. The van der Waals surface area contributed by atoms with Crippen LogP contribution in [-0.4, -0.2) is 37.0 Å². The lowest BCUT2D eigenvalue weighted by molar-refractivity contribution is -0.114. The Morgan fingerprint density at radius 2 is 2.04 bits per heavy atom. The topological polar surface area (TPSA) is 67.6 Å². The van der Waals surface area contributed by atoms with Crippen molar-refractivity contribution in [3.8, 4) is 5.75 Å². The summed E-state index contributed by atoms with van der Waals surface area (Å²) < 4.78 is 5.93. The van der Waals surface area contributed by atoms with Crippen molar-refractivity contribution >= 4 is 17.3 Å². The summed E-state index contributed by atoms with van der Waals surface area (Å²) in [6.45, 7) is 5.49. The highest BCUT2D eigenvalue weighted by Gasteiger charge is 2.38. The Kier molecular flexibility index (Phi) is 4.55. The summed E-state index contributed by atoms with van der Waals surface area (Å²) in [6, 6.07) is 14.1. The number of hydrogen-bond donors (Lipinski definition) is 2. The number of nitrogens with zero attached hydrogens (tertiary/aromatic N) is 1. The van der Waals surface area contributed by atoms with Crippen molar-refractivity contribution < 1.29 is 9.53 Å². The normalized spacial score (nSPS) is 21.6. The zero-order chi connectivity index (χ0) is 18.1. The quantitative estimate of drug-likeness (QED) is 0.831. The molecular weight excluding hydrogens is 326 g/mol. The molecule has 3 N–H and O–H groups in total. The van der Waals surface area contributed by atoms with Crippen molar-refractivity contribution in [2.45, 2.75) is 19.3 Å². The number of carbonyl (C=O) groups excluding carboxylic acids is 1. The molecule has 5 heteroatoms. The average Bonchev–Trinajstić information content (AvgIpc) is 3.04. The Hall–Kier alpha value is -2.53. The second-order valence-electron chi connectivity index (χ2n) is 7.36. The Bertz CT molecular complexity index is 803. The van der Waals surface area contributed by atoms with Crippen LogP contribution in [0.5, 0.6) is 5.75 Å². The molecule has 2 aromatic rings. The molecule has 2 aliphatic rings. The highest BCUT2D eigenvalue weighted by molar-refractivity contribution is 5.88. The van der Waals surface area contributed by atoms with E-state index in [-0.39, 0.29) is 5.91 Å². The van der Waals surface area contributed by atoms with Gasteiger partial charge in [-0.3, -0.25) is 4.79 Å². The molecule has 0 aromatic heterocycles. The van der Waals surface area contributed by atoms with Gasteiger partial charge in [-0.15, -0.1) is 0 Å². The number of nitrogens with two attached hydrogens (primary N) is 1. The number of rotatable bonds is 4. The highest BCUT2D eigenvalue weighted by Crippen LogP contribution is 2.42. The molecule has 26 heavy (non-hydrogen) atoms. The van der Waals surface area contributed by atoms with Crippen LogP contribution in [0.25, 0.3) is 0 Å². The van der Waals surface area contributed by atoms with Gasteiger partial charge in [0.2, 0.25) is 5.91 Å². The maximum absolute atomic E-state index is 11.1. The van der Waals surface area contributed by atoms with Crippen LogP contribution in [0.3, 0.4) is 0 Å². The number of ether oxygens (including phenoxy) is 1. The molecule has 0 aliphatic carbocycles. The van der Waals surface area contributed by atoms with E-state index in [4.69, 9.17) is 10.5 Å². The summed E-state index contributed by atoms with van der Waals surface area (Å²) in [5, 5.41) is 2.80. The first-order valence-corrected chi connectivity index (χ1v) is 9.19. The van der Waals surface area contributed by atoms with E-state index in [1.54, 1.807) is 0 Å². The van der Waals surface area contributed by atoms with Crippen LogP contribution in [-0.2, 0) is 11.2 Å². The van der Waals surface area contributed by atoms with Gasteiger partial charge in [-0.2, -0.15) is 0 Å². The number of hydrogen-bond acceptors (Lipinski definition) is 4. The number of benzene rings is 2. The lowest BCUT2D eigenvalue weighted by Gasteiger charge is -2.27. The van der Waals surface area contributed by atoms with Crippen LogP contribution < -0.4 is 15.8 Å². The van der Waals surface area contributed by atoms with Gasteiger partial charge in [0.1, 0.15) is 5.75 Å². The summed E-state index contributed by atoms with van der Waals surface area (Å²) in [5.41, 5.74) is 10.2. The Balaban J connectivity index is 1.37. The lowest BCUT2D eigenvalue weighted by Crippen LogP contribution is -2.25. The Labute approximate surface area is 154 Å². The molecule has 0 saturated carbocycles. The fraction of sp³-hybridized carbons (Fsp3) is 0.381. The van der Waals surface area contributed by atoms with Crippen LogP contribution >= 0.6 is 0 Å². The third-order valence-corrected chi connectivity index (χ3v) is 5.39. The lowest BCUT2D eigenvalue weighted by atomic mass is 9.87. The second kappa shape index (κ2) is 7.00. The second-order valence-corrected chi connectivity index (χ2v) is 7.36. The fourth-order valence-electron chi connectivity index (χ4n) is 4.09. The molecule has 0 spiro atoms. The largest absolute Gasteiger partial charge is 0.493 e. The summed E-state index contributed by atoms with van der Waals surface area (Å²) >= 11 is 0. The minimum absolute atomic E-state index is 0.0411. The van der Waals surface area contributed by atoms with Crippen LogP contribution in [0, 0.1) is 5.92 Å². The van der Waals surface area contributed by atoms with Gasteiger partial charge in [-0.25, -0.2) is 0 Å². The summed E-state index contributed by atoms with van der Waals surface area (Å²) in [5.74, 6) is 2.02. The molecular formula is C21H25N3O2. The number of carbonyl (C=O) groups is 1. The van der Waals surface area contributed by atoms with Crippen LogP contribution in [0.15, 0.2) is 42.5 Å². The zero-order valence-electron chi connectivity index (χ0n) is 15.1. The van der Waals surface area contributed by atoms with E-state index in [0.717, 1.165) is 49.8 Å². The third-order valence-electron chi connectivity index (χ3n) is 5.39. The molecule has 1 amide bonds. The SMILES string of the molecule is CC(=O)Nc1ccc(CCN2C[C@H]3COc4ccc(N)cc4[C@@H]3C2)cc1. The molecule has 5 nitrogen and oxygen atoms in total.